The number of carboxylic acids is 6. The molecule has 0 bridgehead atoms. The first-order chi connectivity index (χ1) is 24.8. The first kappa shape index (κ1) is 42.7. The molecule has 290 valence electrons. The number of nitrogens with zero attached hydrogens (tertiary/aromatic N) is 3. The van der Waals surface area contributed by atoms with Gasteiger partial charge in [0.25, 0.3) is 11.5 Å². The molecule has 1 saturated heterocycles. The SMILES string of the molecule is N[C@@H](CCC(=O)O)C(=O)O.N[C@@H](CCC(=O)O)C(=O)O.Nc1nc2c(c(=O)[nH]1)N1CN(c3ccc(C(=O)NC(CCC(=O)O)C(=O)O)cc3)CC1CN2. The number of rotatable bonds is 15. The number of amides is 1. The van der Waals surface area contributed by atoms with E-state index in [0.717, 1.165) is 5.69 Å². The van der Waals surface area contributed by atoms with Crippen LogP contribution in [0.1, 0.15) is 48.9 Å². The molecule has 1 aromatic heterocycles. The molecule has 4 rings (SSSR count). The average Bonchev–Trinajstić information content (AvgIpc) is 3.52. The highest BCUT2D eigenvalue weighted by Crippen LogP contribution is 2.32. The summed E-state index contributed by atoms with van der Waals surface area (Å²) in [5.41, 5.74) is 16.8. The van der Waals surface area contributed by atoms with E-state index >= 15 is 0 Å². The van der Waals surface area contributed by atoms with Gasteiger partial charge < -0.3 is 68.3 Å². The van der Waals surface area contributed by atoms with E-state index < -0.39 is 59.8 Å². The minimum atomic E-state index is -1.30. The van der Waals surface area contributed by atoms with Crippen LogP contribution in [0.4, 0.5) is 23.1 Å². The number of carboxylic acid groups (broad SMARTS) is 6. The van der Waals surface area contributed by atoms with Gasteiger partial charge in [-0.05, 0) is 43.5 Å². The number of H-pyrrole nitrogens is 1. The van der Waals surface area contributed by atoms with Gasteiger partial charge in [0, 0.05) is 43.6 Å². The van der Waals surface area contributed by atoms with Crippen LogP contribution in [0.25, 0.3) is 0 Å². The van der Waals surface area contributed by atoms with E-state index in [1.54, 1.807) is 24.3 Å². The van der Waals surface area contributed by atoms with Gasteiger partial charge in [0.1, 0.15) is 23.8 Å². The quantitative estimate of drug-likeness (QED) is 0.0936. The third-order valence-corrected chi connectivity index (χ3v) is 7.62. The van der Waals surface area contributed by atoms with E-state index in [4.69, 9.17) is 42.7 Å². The van der Waals surface area contributed by atoms with Gasteiger partial charge in [0.2, 0.25) is 5.95 Å². The number of nitrogens with one attached hydrogen (secondary N) is 3. The van der Waals surface area contributed by atoms with Gasteiger partial charge in [-0.2, -0.15) is 4.98 Å². The Morgan fingerprint density at radius 1 is 0.811 bits per heavy atom. The summed E-state index contributed by atoms with van der Waals surface area (Å²) in [6, 6.07) is 3.24. The fraction of sp³-hybridized carbons (Fsp3) is 0.433. The molecule has 2 aliphatic heterocycles. The van der Waals surface area contributed by atoms with Gasteiger partial charge in [0.15, 0.2) is 5.82 Å². The summed E-state index contributed by atoms with van der Waals surface area (Å²) in [5, 5.41) is 56.0. The Morgan fingerprint density at radius 2 is 1.32 bits per heavy atom. The predicted molar refractivity (Wildman–Crippen MR) is 183 cm³/mol. The van der Waals surface area contributed by atoms with Crippen LogP contribution in [0, 0.1) is 0 Å². The highest BCUT2D eigenvalue weighted by Gasteiger charge is 2.37. The van der Waals surface area contributed by atoms with Crippen molar-refractivity contribution in [3.63, 3.8) is 0 Å². The number of carbonyl (C=O) groups excluding carboxylic acids is 1. The number of fused-ring (bicyclic) bond motifs is 3. The highest BCUT2D eigenvalue weighted by molar-refractivity contribution is 5.97. The molecule has 15 N–H and O–H groups in total. The lowest BCUT2D eigenvalue weighted by atomic mass is 10.1. The molecule has 23 heteroatoms. The zero-order valence-electron chi connectivity index (χ0n) is 28.0. The van der Waals surface area contributed by atoms with Crippen molar-refractivity contribution in [1.82, 2.24) is 15.3 Å². The number of aliphatic carboxylic acids is 6. The molecule has 1 amide bonds. The summed E-state index contributed by atoms with van der Waals surface area (Å²) in [7, 11) is 0. The number of aromatic nitrogens is 2. The standard InChI is InChI=1S/C20H23N7O6.2C5H9NO4/c21-20-24-16-15(18(31)25-20)27-9-26(8-12(27)7-22-16)11-3-1-10(2-4-11)17(30)23-13(19(32)33)5-6-14(28)29;2*6-3(5(9)10)1-2-4(7)8/h1-4,12-13H,5-9H2,(H,23,30)(H,28,29)(H,32,33)(H4,21,22,24,25,31);2*3H,1-2,6H2,(H,7,8)(H,9,10)/t;2*3-/m.00/s1. The lowest BCUT2D eigenvalue weighted by Gasteiger charge is -2.31. The van der Waals surface area contributed by atoms with E-state index in [-0.39, 0.29) is 61.6 Å². The van der Waals surface area contributed by atoms with Crippen LogP contribution in [-0.4, -0.2) is 126 Å². The number of hydrogen-bond donors (Lipinski definition) is 12. The second-order valence-electron chi connectivity index (χ2n) is 11.6. The first-order valence-corrected chi connectivity index (χ1v) is 15.7. The van der Waals surface area contributed by atoms with Crippen molar-refractivity contribution < 1.29 is 64.2 Å². The topological polar surface area (TPSA) is 395 Å². The van der Waals surface area contributed by atoms with Crippen LogP contribution in [0.3, 0.4) is 0 Å². The van der Waals surface area contributed by atoms with E-state index in [0.29, 0.717) is 31.3 Å². The van der Waals surface area contributed by atoms with E-state index in [2.05, 4.69) is 20.6 Å². The van der Waals surface area contributed by atoms with Gasteiger partial charge in [-0.1, -0.05) is 0 Å². The van der Waals surface area contributed by atoms with Gasteiger partial charge >= 0.3 is 35.8 Å². The second kappa shape index (κ2) is 19.8. The summed E-state index contributed by atoms with van der Waals surface area (Å²) in [6.45, 7) is 1.67. The number of anilines is 4. The maximum absolute atomic E-state index is 12.4. The maximum Gasteiger partial charge on any atom is 0.326 e. The fourth-order valence-corrected chi connectivity index (χ4v) is 4.81. The van der Waals surface area contributed by atoms with Gasteiger partial charge in [-0.25, -0.2) is 4.79 Å². The summed E-state index contributed by atoms with van der Waals surface area (Å²) < 4.78 is 0. The third kappa shape index (κ3) is 13.6. The Kier molecular flexibility index (Phi) is 15.9. The molecule has 1 fully saturated rings. The third-order valence-electron chi connectivity index (χ3n) is 7.62. The Hall–Kier alpha value is -6.49. The molecule has 0 radical (unpaired) electrons. The minimum absolute atomic E-state index is 0.0231. The molecule has 4 atom stereocenters. The largest absolute Gasteiger partial charge is 0.481 e. The summed E-state index contributed by atoms with van der Waals surface area (Å²) in [5.74, 6) is -6.95. The summed E-state index contributed by atoms with van der Waals surface area (Å²) >= 11 is 0. The van der Waals surface area contributed by atoms with Crippen molar-refractivity contribution in [3.8, 4) is 0 Å². The molecule has 2 aromatic rings. The number of nitrogen functional groups attached to an aromatic ring is 1. The first-order valence-electron chi connectivity index (χ1n) is 15.7. The number of nitrogens with two attached hydrogens (primary N) is 3. The Labute approximate surface area is 299 Å². The Morgan fingerprint density at radius 3 is 1.79 bits per heavy atom. The smallest absolute Gasteiger partial charge is 0.326 e. The van der Waals surface area contributed by atoms with Crippen LogP contribution in [0.5, 0.6) is 0 Å². The number of carbonyl (C=O) groups is 7. The maximum atomic E-state index is 12.4. The normalized spacial score (nSPS) is 15.6. The van der Waals surface area contributed by atoms with Crippen LogP contribution < -0.4 is 43.2 Å². The molecule has 0 spiro atoms. The van der Waals surface area contributed by atoms with Gasteiger partial charge in [-0.3, -0.25) is 38.5 Å². The number of aromatic amines is 1. The molecule has 2 aliphatic rings. The monoisotopic (exact) mass is 751 g/mol. The van der Waals surface area contributed by atoms with Crippen molar-refractivity contribution >= 4 is 64.9 Å². The molecular formula is C30H41N9O14. The van der Waals surface area contributed by atoms with Crippen LogP contribution >= 0.6 is 0 Å². The van der Waals surface area contributed by atoms with E-state index in [1.165, 1.54) is 0 Å². The molecule has 0 saturated carbocycles. The minimum Gasteiger partial charge on any atom is -0.481 e. The average molecular weight is 752 g/mol. The zero-order valence-corrected chi connectivity index (χ0v) is 28.0. The van der Waals surface area contributed by atoms with E-state index in [1.807, 2.05) is 9.80 Å². The second-order valence-corrected chi connectivity index (χ2v) is 11.6. The molecule has 0 aliphatic carbocycles. The van der Waals surface area contributed by atoms with Crippen LogP contribution in [0.15, 0.2) is 29.1 Å². The molecule has 53 heavy (non-hydrogen) atoms. The van der Waals surface area contributed by atoms with Crippen molar-refractivity contribution in [1.29, 1.82) is 0 Å². The van der Waals surface area contributed by atoms with Crippen molar-refractivity contribution in [3.05, 3.63) is 40.2 Å². The highest BCUT2D eigenvalue weighted by atomic mass is 16.4. The number of hydrogen-bond acceptors (Lipinski definition) is 15. The Bertz CT molecular complexity index is 1680. The van der Waals surface area contributed by atoms with Crippen LogP contribution in [0.2, 0.25) is 0 Å². The van der Waals surface area contributed by atoms with Crippen molar-refractivity contribution in [2.45, 2.75) is 62.7 Å². The number of benzene rings is 1. The Balaban J connectivity index is 0.000000399. The molecule has 1 aromatic carbocycles. The lowest BCUT2D eigenvalue weighted by molar-refractivity contribution is -0.142. The zero-order chi connectivity index (χ0) is 40.0. The van der Waals surface area contributed by atoms with Gasteiger partial charge in [0.05, 0.1) is 12.7 Å². The molecular weight excluding hydrogens is 710 g/mol. The van der Waals surface area contributed by atoms with Gasteiger partial charge in [-0.15, -0.1) is 0 Å². The van der Waals surface area contributed by atoms with Crippen molar-refractivity contribution in [2.24, 2.45) is 11.5 Å². The fourth-order valence-electron chi connectivity index (χ4n) is 4.81. The van der Waals surface area contributed by atoms with E-state index in [9.17, 15) is 43.5 Å². The summed E-state index contributed by atoms with van der Waals surface area (Å²) in [4.78, 5) is 97.3. The van der Waals surface area contributed by atoms with Crippen LogP contribution in [-0.2, 0) is 28.8 Å². The summed E-state index contributed by atoms with van der Waals surface area (Å²) in [6.07, 6.45) is -1.03. The molecule has 2 unspecified atom stereocenters. The molecule has 3 heterocycles. The lowest BCUT2D eigenvalue weighted by Crippen LogP contribution is -2.44. The predicted octanol–water partition coefficient (Wildman–Crippen LogP) is -2.00. The molecule has 23 nitrogen and oxygen atoms in total. The van der Waals surface area contributed by atoms with Crippen molar-refractivity contribution in [2.75, 3.05) is 40.6 Å².